The van der Waals surface area contributed by atoms with E-state index < -0.39 is 23.1 Å². The monoisotopic (exact) mass is 483 g/mol. The molecule has 0 aromatic heterocycles. The molecule has 2 atom stereocenters. The summed E-state index contributed by atoms with van der Waals surface area (Å²) < 4.78 is 39.1. The van der Waals surface area contributed by atoms with Crippen LogP contribution in [0, 0.1) is 17.3 Å². The van der Waals surface area contributed by atoms with Gasteiger partial charge < -0.3 is 24.6 Å². The molecule has 34 heavy (non-hydrogen) atoms. The Balaban J connectivity index is 1.56. The average molecular weight is 484 g/mol. The molecule has 0 bridgehead atoms. The SMILES string of the molecule is CC(C)(C)C(=O)N1CC[C@@H](CC(=O)[O-])[C@@H](CC[NH+]2CCN(c3cccc(C(F)(F)F)c3)CC2)C1. The number of rotatable bonds is 6. The number of quaternary nitrogens is 1. The molecule has 0 radical (unpaired) electrons. The molecule has 1 aromatic rings. The lowest BCUT2D eigenvalue weighted by Gasteiger charge is -2.42. The number of piperidine rings is 1. The van der Waals surface area contributed by atoms with Gasteiger partial charge in [0, 0.05) is 36.6 Å². The van der Waals surface area contributed by atoms with Gasteiger partial charge in [0.05, 0.1) is 38.3 Å². The number of nitrogens with zero attached hydrogens (tertiary/aromatic N) is 2. The topological polar surface area (TPSA) is 68.1 Å². The molecule has 1 aromatic carbocycles. The third-order valence-corrected chi connectivity index (χ3v) is 7.13. The van der Waals surface area contributed by atoms with Gasteiger partial charge in [-0.3, -0.25) is 4.79 Å². The second-order valence-electron chi connectivity index (χ2n) is 10.7. The molecule has 3 rings (SSSR count). The van der Waals surface area contributed by atoms with Crippen LogP contribution in [0.3, 0.4) is 0 Å². The summed E-state index contributed by atoms with van der Waals surface area (Å²) in [5.41, 5.74) is -0.520. The van der Waals surface area contributed by atoms with E-state index >= 15 is 0 Å². The highest BCUT2D eigenvalue weighted by Crippen LogP contribution is 2.32. The van der Waals surface area contributed by atoms with Crippen molar-refractivity contribution >= 4 is 17.6 Å². The Kier molecular flexibility index (Phi) is 8.16. The van der Waals surface area contributed by atoms with Crippen molar-refractivity contribution in [3.05, 3.63) is 29.8 Å². The van der Waals surface area contributed by atoms with Crippen LogP contribution in [-0.4, -0.2) is 62.6 Å². The van der Waals surface area contributed by atoms with Gasteiger partial charge in [0.1, 0.15) is 0 Å². The van der Waals surface area contributed by atoms with Crippen LogP contribution < -0.4 is 14.9 Å². The number of nitrogens with one attached hydrogen (secondary N) is 1. The lowest BCUT2D eigenvalue weighted by Crippen LogP contribution is -3.15. The standard InChI is InChI=1S/C25H36F3N3O3/c1-24(2,3)23(34)31-10-8-18(15-22(32)33)19(17-31)7-9-29-11-13-30(14-12-29)21-6-4-5-20(16-21)25(26,27)28/h4-6,16,18-19H,7-15,17H2,1-3H3,(H,32,33)/t18-,19-/m0/s1. The smallest absolute Gasteiger partial charge is 0.416 e. The predicted molar refractivity (Wildman–Crippen MR) is 121 cm³/mol. The maximum absolute atomic E-state index is 13.0. The highest BCUT2D eigenvalue weighted by Gasteiger charge is 2.36. The first-order valence-electron chi connectivity index (χ1n) is 12.1. The number of amides is 1. The summed E-state index contributed by atoms with van der Waals surface area (Å²) in [5.74, 6) is -0.856. The molecule has 2 fully saturated rings. The summed E-state index contributed by atoms with van der Waals surface area (Å²) in [7, 11) is 0. The first kappa shape index (κ1) is 26.3. The van der Waals surface area contributed by atoms with Gasteiger partial charge in [0.15, 0.2) is 0 Å². The lowest BCUT2D eigenvalue weighted by molar-refractivity contribution is -0.901. The summed E-state index contributed by atoms with van der Waals surface area (Å²) >= 11 is 0. The largest absolute Gasteiger partial charge is 0.550 e. The summed E-state index contributed by atoms with van der Waals surface area (Å²) in [6.45, 7) is 10.6. The van der Waals surface area contributed by atoms with Crippen molar-refractivity contribution in [1.29, 1.82) is 0 Å². The molecule has 9 heteroatoms. The van der Waals surface area contributed by atoms with Crippen LogP contribution in [0.1, 0.15) is 45.6 Å². The van der Waals surface area contributed by atoms with E-state index in [4.69, 9.17) is 0 Å². The Labute approximate surface area is 199 Å². The van der Waals surface area contributed by atoms with Gasteiger partial charge in [0.2, 0.25) is 5.91 Å². The van der Waals surface area contributed by atoms with Crippen molar-refractivity contribution in [2.45, 2.75) is 46.2 Å². The van der Waals surface area contributed by atoms with Gasteiger partial charge in [-0.1, -0.05) is 26.8 Å². The lowest BCUT2D eigenvalue weighted by atomic mass is 9.80. The third-order valence-electron chi connectivity index (χ3n) is 7.13. The maximum Gasteiger partial charge on any atom is 0.416 e. The zero-order chi connectivity index (χ0) is 25.1. The van der Waals surface area contributed by atoms with Crippen molar-refractivity contribution in [3.8, 4) is 0 Å². The first-order valence-corrected chi connectivity index (χ1v) is 12.1. The van der Waals surface area contributed by atoms with Crippen molar-refractivity contribution in [3.63, 3.8) is 0 Å². The van der Waals surface area contributed by atoms with Gasteiger partial charge in [-0.15, -0.1) is 0 Å². The van der Waals surface area contributed by atoms with Crippen molar-refractivity contribution in [2.75, 3.05) is 50.7 Å². The Morgan fingerprint density at radius 2 is 1.76 bits per heavy atom. The number of piperazine rings is 1. The highest BCUT2D eigenvalue weighted by molar-refractivity contribution is 5.81. The minimum absolute atomic E-state index is 0.000171. The van der Waals surface area contributed by atoms with Crippen molar-refractivity contribution in [1.82, 2.24) is 4.90 Å². The number of alkyl halides is 3. The van der Waals surface area contributed by atoms with E-state index in [9.17, 15) is 27.9 Å². The van der Waals surface area contributed by atoms with Crippen LogP contribution in [-0.2, 0) is 15.8 Å². The minimum Gasteiger partial charge on any atom is -0.550 e. The van der Waals surface area contributed by atoms with E-state index in [2.05, 4.69) is 0 Å². The summed E-state index contributed by atoms with van der Waals surface area (Å²) in [6.07, 6.45) is -2.86. The number of carbonyl (C=O) groups is 2. The second kappa shape index (κ2) is 10.5. The van der Waals surface area contributed by atoms with E-state index in [1.54, 1.807) is 6.07 Å². The fraction of sp³-hybridized carbons (Fsp3) is 0.680. The Hall–Kier alpha value is -2.29. The van der Waals surface area contributed by atoms with Crippen LogP contribution in [0.2, 0.25) is 0 Å². The molecule has 0 saturated carbocycles. The van der Waals surface area contributed by atoms with Gasteiger partial charge in [-0.05, 0) is 42.9 Å². The Bertz CT molecular complexity index is 861. The van der Waals surface area contributed by atoms with E-state index in [0.717, 1.165) is 32.1 Å². The van der Waals surface area contributed by atoms with Crippen LogP contribution in [0.15, 0.2) is 24.3 Å². The van der Waals surface area contributed by atoms with Crippen molar-refractivity contribution < 1.29 is 32.8 Å². The first-order chi connectivity index (χ1) is 15.8. The van der Waals surface area contributed by atoms with Gasteiger partial charge in [-0.2, -0.15) is 13.2 Å². The highest BCUT2D eigenvalue weighted by atomic mass is 19.4. The second-order valence-corrected chi connectivity index (χ2v) is 10.7. The molecule has 2 aliphatic rings. The average Bonchev–Trinajstić information content (AvgIpc) is 2.77. The fourth-order valence-corrected chi connectivity index (χ4v) is 5.15. The van der Waals surface area contributed by atoms with E-state index in [-0.39, 0.29) is 24.2 Å². The van der Waals surface area contributed by atoms with E-state index in [0.29, 0.717) is 38.3 Å². The number of carboxylic acids is 1. The van der Waals surface area contributed by atoms with Crippen LogP contribution >= 0.6 is 0 Å². The number of aliphatic carboxylic acids is 1. The number of anilines is 1. The summed E-state index contributed by atoms with van der Waals surface area (Å²) in [5, 5.41) is 11.3. The molecule has 0 aliphatic carbocycles. The molecule has 1 amide bonds. The third kappa shape index (κ3) is 6.87. The fourth-order valence-electron chi connectivity index (χ4n) is 5.15. The molecular formula is C25H36F3N3O3. The molecule has 0 spiro atoms. The normalized spacial score (nSPS) is 22.6. The van der Waals surface area contributed by atoms with Gasteiger partial charge >= 0.3 is 6.18 Å². The summed E-state index contributed by atoms with van der Waals surface area (Å²) in [4.78, 5) is 29.3. The van der Waals surface area contributed by atoms with Crippen LogP contribution in [0.4, 0.5) is 18.9 Å². The number of carbonyl (C=O) groups excluding carboxylic acids is 2. The summed E-state index contributed by atoms with van der Waals surface area (Å²) in [6, 6.07) is 5.46. The molecule has 2 heterocycles. The molecule has 190 valence electrons. The molecular weight excluding hydrogens is 447 g/mol. The molecule has 2 aliphatic heterocycles. The van der Waals surface area contributed by atoms with Gasteiger partial charge in [-0.25, -0.2) is 0 Å². The minimum atomic E-state index is -4.35. The van der Waals surface area contributed by atoms with Crippen LogP contribution in [0.25, 0.3) is 0 Å². The number of halogens is 3. The number of benzene rings is 1. The number of likely N-dealkylation sites (tertiary alicyclic amines) is 1. The molecule has 0 unspecified atom stereocenters. The quantitative estimate of drug-likeness (QED) is 0.665. The molecule has 6 nitrogen and oxygen atoms in total. The number of hydrogen-bond donors (Lipinski definition) is 1. The van der Waals surface area contributed by atoms with E-state index in [1.165, 1.54) is 17.0 Å². The van der Waals surface area contributed by atoms with Crippen molar-refractivity contribution in [2.24, 2.45) is 17.3 Å². The Morgan fingerprint density at radius 3 is 2.35 bits per heavy atom. The zero-order valence-corrected chi connectivity index (χ0v) is 20.3. The zero-order valence-electron chi connectivity index (χ0n) is 20.3. The Morgan fingerprint density at radius 1 is 1.09 bits per heavy atom. The number of hydrogen-bond acceptors (Lipinski definition) is 4. The molecule has 2 saturated heterocycles. The van der Waals surface area contributed by atoms with Gasteiger partial charge in [0.25, 0.3) is 0 Å². The van der Waals surface area contributed by atoms with Crippen LogP contribution in [0.5, 0.6) is 0 Å². The maximum atomic E-state index is 13.0. The predicted octanol–water partition coefficient (Wildman–Crippen LogP) is 1.45. The number of carboxylic acid groups (broad SMARTS) is 1. The van der Waals surface area contributed by atoms with E-state index in [1.807, 2.05) is 30.6 Å². The molecule has 1 N–H and O–H groups in total.